The van der Waals surface area contributed by atoms with Crippen molar-refractivity contribution in [1.29, 1.82) is 0 Å². The van der Waals surface area contributed by atoms with Crippen LogP contribution in [0.4, 0.5) is 0 Å². The first-order chi connectivity index (χ1) is 10.4. The smallest absolute Gasteiger partial charge is 0.0575 e. The molecule has 1 aliphatic rings. The minimum atomic E-state index is 0.404. The molecule has 1 N–H and O–H groups in total. The predicted octanol–water partition coefficient (Wildman–Crippen LogP) is 4.45. The fourth-order valence-electron chi connectivity index (χ4n) is 3.40. The van der Waals surface area contributed by atoms with Crippen LogP contribution in [0, 0.1) is 0 Å². The molecule has 3 rings (SSSR count). The Morgan fingerprint density at radius 3 is 2.81 bits per heavy atom. The van der Waals surface area contributed by atoms with E-state index in [4.69, 9.17) is 4.74 Å². The summed E-state index contributed by atoms with van der Waals surface area (Å²) in [4.78, 5) is 0. The van der Waals surface area contributed by atoms with Gasteiger partial charge < -0.3 is 10.1 Å². The van der Waals surface area contributed by atoms with Gasteiger partial charge in [0.15, 0.2) is 0 Å². The first kappa shape index (κ1) is 14.6. The number of fused-ring (bicyclic) bond motifs is 1. The lowest BCUT2D eigenvalue weighted by molar-refractivity contribution is 0.00868. The van der Waals surface area contributed by atoms with Crippen molar-refractivity contribution >= 4 is 10.8 Å². The highest BCUT2D eigenvalue weighted by Gasteiger charge is 2.18. The number of ether oxygens (including phenoxy) is 1. The van der Waals surface area contributed by atoms with Gasteiger partial charge in [0, 0.05) is 12.6 Å². The van der Waals surface area contributed by atoms with E-state index in [1.165, 1.54) is 35.6 Å². The van der Waals surface area contributed by atoms with Crippen molar-refractivity contribution in [1.82, 2.24) is 5.32 Å². The summed E-state index contributed by atoms with van der Waals surface area (Å²) in [7, 11) is 2.06. The first-order valence-electron chi connectivity index (χ1n) is 8.15. The van der Waals surface area contributed by atoms with Crippen LogP contribution in [0.5, 0.6) is 0 Å². The summed E-state index contributed by atoms with van der Waals surface area (Å²) in [5.41, 5.74) is 1.41. The van der Waals surface area contributed by atoms with E-state index in [1.807, 2.05) is 0 Å². The lowest BCUT2D eigenvalue weighted by Crippen LogP contribution is -2.23. The molecule has 0 spiro atoms. The molecule has 2 nitrogen and oxygen atoms in total. The van der Waals surface area contributed by atoms with E-state index in [0.29, 0.717) is 12.1 Å². The van der Waals surface area contributed by atoms with E-state index in [1.54, 1.807) is 0 Å². The van der Waals surface area contributed by atoms with E-state index in [-0.39, 0.29) is 0 Å². The molecule has 1 aliphatic heterocycles. The predicted molar refractivity (Wildman–Crippen MR) is 88.6 cm³/mol. The van der Waals surface area contributed by atoms with Crippen molar-refractivity contribution in [3.63, 3.8) is 0 Å². The van der Waals surface area contributed by atoms with Gasteiger partial charge in [-0.25, -0.2) is 0 Å². The van der Waals surface area contributed by atoms with E-state index >= 15 is 0 Å². The summed E-state index contributed by atoms with van der Waals surface area (Å²) in [5, 5.41) is 6.18. The minimum Gasteiger partial charge on any atom is -0.378 e. The van der Waals surface area contributed by atoms with Crippen molar-refractivity contribution in [2.45, 2.75) is 44.2 Å². The van der Waals surface area contributed by atoms with E-state index in [0.717, 1.165) is 19.4 Å². The lowest BCUT2D eigenvalue weighted by Gasteiger charge is -2.25. The zero-order valence-electron chi connectivity index (χ0n) is 12.8. The Morgan fingerprint density at radius 1 is 1.14 bits per heavy atom. The van der Waals surface area contributed by atoms with Crippen LogP contribution in [0.2, 0.25) is 0 Å². The van der Waals surface area contributed by atoms with Gasteiger partial charge in [0.25, 0.3) is 0 Å². The number of hydrogen-bond acceptors (Lipinski definition) is 2. The Morgan fingerprint density at radius 2 is 2.00 bits per heavy atom. The van der Waals surface area contributed by atoms with Gasteiger partial charge in [-0.2, -0.15) is 0 Å². The van der Waals surface area contributed by atoms with Gasteiger partial charge in [-0.3, -0.25) is 0 Å². The van der Waals surface area contributed by atoms with Gasteiger partial charge in [-0.05, 0) is 55.5 Å². The second kappa shape index (κ2) is 7.06. The van der Waals surface area contributed by atoms with E-state index in [2.05, 4.69) is 54.8 Å². The Kier molecular flexibility index (Phi) is 4.89. The molecule has 0 aliphatic carbocycles. The van der Waals surface area contributed by atoms with Crippen LogP contribution in [0.25, 0.3) is 10.8 Å². The fraction of sp³-hybridized carbons (Fsp3) is 0.474. The minimum absolute atomic E-state index is 0.404. The zero-order valence-corrected chi connectivity index (χ0v) is 12.8. The molecule has 0 amide bonds. The van der Waals surface area contributed by atoms with Gasteiger partial charge in [-0.1, -0.05) is 42.5 Å². The molecule has 112 valence electrons. The molecule has 2 unspecified atom stereocenters. The molecule has 2 heteroatoms. The standard InChI is InChI=1S/C19H25NO/c1-20-19(13-12-16-9-4-5-14-21-16)18-11-6-8-15-7-2-3-10-17(15)18/h2-3,6-8,10-11,16,19-20H,4-5,9,12-14H2,1H3. The summed E-state index contributed by atoms with van der Waals surface area (Å²) >= 11 is 0. The molecule has 2 atom stereocenters. The van der Waals surface area contributed by atoms with E-state index < -0.39 is 0 Å². The summed E-state index contributed by atoms with van der Waals surface area (Å²) in [6.07, 6.45) is 6.53. The third-order valence-corrected chi connectivity index (χ3v) is 4.60. The van der Waals surface area contributed by atoms with Crippen molar-refractivity contribution in [2.24, 2.45) is 0 Å². The van der Waals surface area contributed by atoms with Crippen LogP contribution < -0.4 is 5.32 Å². The molecule has 0 bridgehead atoms. The van der Waals surface area contributed by atoms with Crippen LogP contribution in [0.3, 0.4) is 0 Å². The number of hydrogen-bond donors (Lipinski definition) is 1. The molecule has 0 saturated carbocycles. The van der Waals surface area contributed by atoms with Gasteiger partial charge in [0.1, 0.15) is 0 Å². The fourth-order valence-corrected chi connectivity index (χ4v) is 3.40. The van der Waals surface area contributed by atoms with Crippen LogP contribution >= 0.6 is 0 Å². The second-order valence-corrected chi connectivity index (χ2v) is 5.98. The average molecular weight is 283 g/mol. The molecule has 1 heterocycles. The Bertz CT molecular complexity index is 569. The molecule has 0 aromatic heterocycles. The SMILES string of the molecule is CNC(CCC1CCCCO1)c1cccc2ccccc12. The molecule has 21 heavy (non-hydrogen) atoms. The van der Waals surface area contributed by atoms with E-state index in [9.17, 15) is 0 Å². The van der Waals surface area contributed by atoms with Gasteiger partial charge in [0.2, 0.25) is 0 Å². The molecule has 2 aromatic carbocycles. The zero-order chi connectivity index (χ0) is 14.5. The average Bonchev–Trinajstić information content (AvgIpc) is 2.56. The maximum absolute atomic E-state index is 5.87. The van der Waals surface area contributed by atoms with Crippen molar-refractivity contribution < 1.29 is 4.74 Å². The van der Waals surface area contributed by atoms with Gasteiger partial charge in [0.05, 0.1) is 6.10 Å². The van der Waals surface area contributed by atoms with Gasteiger partial charge >= 0.3 is 0 Å². The lowest BCUT2D eigenvalue weighted by atomic mass is 9.93. The topological polar surface area (TPSA) is 21.3 Å². The van der Waals surface area contributed by atoms with Crippen molar-refractivity contribution in [2.75, 3.05) is 13.7 Å². The first-order valence-corrected chi connectivity index (χ1v) is 8.15. The highest BCUT2D eigenvalue weighted by atomic mass is 16.5. The normalized spacial score (nSPS) is 20.5. The third-order valence-electron chi connectivity index (χ3n) is 4.60. The number of nitrogens with one attached hydrogen (secondary N) is 1. The monoisotopic (exact) mass is 283 g/mol. The maximum atomic E-state index is 5.87. The van der Waals surface area contributed by atoms with Crippen molar-refractivity contribution in [3.8, 4) is 0 Å². The molecular formula is C19H25NO. The van der Waals surface area contributed by atoms with Gasteiger partial charge in [-0.15, -0.1) is 0 Å². The second-order valence-electron chi connectivity index (χ2n) is 5.98. The Hall–Kier alpha value is -1.38. The molecular weight excluding hydrogens is 258 g/mol. The third kappa shape index (κ3) is 3.45. The van der Waals surface area contributed by atoms with Crippen LogP contribution in [-0.2, 0) is 4.74 Å². The van der Waals surface area contributed by atoms with Crippen LogP contribution in [0.1, 0.15) is 43.7 Å². The molecule has 0 radical (unpaired) electrons. The highest BCUT2D eigenvalue weighted by Crippen LogP contribution is 2.28. The Labute approximate surface area is 127 Å². The summed E-state index contributed by atoms with van der Waals surface area (Å²) < 4.78 is 5.87. The maximum Gasteiger partial charge on any atom is 0.0575 e. The molecule has 1 saturated heterocycles. The Balaban J connectivity index is 1.75. The quantitative estimate of drug-likeness (QED) is 0.875. The summed E-state index contributed by atoms with van der Waals surface area (Å²) in [6, 6.07) is 15.7. The van der Waals surface area contributed by atoms with Crippen molar-refractivity contribution in [3.05, 3.63) is 48.0 Å². The number of rotatable bonds is 5. The largest absolute Gasteiger partial charge is 0.378 e. The van der Waals surface area contributed by atoms with Crippen LogP contribution in [-0.4, -0.2) is 19.8 Å². The summed E-state index contributed by atoms with van der Waals surface area (Å²) in [6.45, 7) is 0.948. The molecule has 2 aromatic rings. The van der Waals surface area contributed by atoms with Crippen LogP contribution in [0.15, 0.2) is 42.5 Å². The summed E-state index contributed by atoms with van der Waals surface area (Å²) in [5.74, 6) is 0. The highest BCUT2D eigenvalue weighted by molar-refractivity contribution is 5.86. The molecule has 1 fully saturated rings. The number of benzene rings is 2.